The number of ether oxygens (including phenoxy) is 1. The van der Waals surface area contributed by atoms with Gasteiger partial charge < -0.3 is 10.1 Å². The van der Waals surface area contributed by atoms with Crippen LogP contribution in [0.4, 0.5) is 5.69 Å². The summed E-state index contributed by atoms with van der Waals surface area (Å²) in [4.78, 5) is 12.5. The number of benzene rings is 1. The van der Waals surface area contributed by atoms with Gasteiger partial charge in [-0.2, -0.15) is 0 Å². The van der Waals surface area contributed by atoms with Crippen LogP contribution in [0, 0.1) is 12.3 Å². The van der Waals surface area contributed by atoms with Gasteiger partial charge in [0.25, 0.3) is 5.91 Å². The van der Waals surface area contributed by atoms with Crippen LogP contribution in [-0.2, 0) is 0 Å². The zero-order chi connectivity index (χ0) is 13.0. The molecular weight excluding hydrogens is 246 g/mol. The first kappa shape index (κ1) is 12.2. The normalized spacial score (nSPS) is 9.56. The highest BCUT2D eigenvalue weighted by molar-refractivity contribution is 7.12. The number of hydrogen-bond donors (Lipinski definition) is 1. The van der Waals surface area contributed by atoms with E-state index in [9.17, 15) is 4.79 Å². The van der Waals surface area contributed by atoms with Gasteiger partial charge in [-0.25, -0.2) is 0 Å². The quantitative estimate of drug-likeness (QED) is 0.858. The Morgan fingerprint density at radius 1 is 1.44 bits per heavy atom. The van der Waals surface area contributed by atoms with Crippen LogP contribution in [0.25, 0.3) is 0 Å². The lowest BCUT2D eigenvalue weighted by molar-refractivity contribution is 0.103. The first-order valence-electron chi connectivity index (χ1n) is 5.23. The van der Waals surface area contributed by atoms with Gasteiger partial charge in [-0.1, -0.05) is 12.0 Å². The second kappa shape index (κ2) is 5.39. The standard InChI is InChI=1S/C14H11NO2S/c1-3-10-5-4-6-11(7-10)15-14(16)13-8-12(17-2)9-18-13/h1,4-9H,2H3,(H,15,16). The van der Waals surface area contributed by atoms with Crippen LogP contribution >= 0.6 is 11.3 Å². The van der Waals surface area contributed by atoms with Gasteiger partial charge in [0.15, 0.2) is 0 Å². The number of carbonyl (C=O) groups excluding carboxylic acids is 1. The molecule has 4 heteroatoms. The first-order valence-corrected chi connectivity index (χ1v) is 6.11. The minimum atomic E-state index is -0.169. The molecule has 2 aromatic rings. The third-order valence-electron chi connectivity index (χ3n) is 2.32. The van der Waals surface area contributed by atoms with Crippen LogP contribution in [0.1, 0.15) is 15.2 Å². The predicted molar refractivity (Wildman–Crippen MR) is 73.2 cm³/mol. The summed E-state index contributed by atoms with van der Waals surface area (Å²) in [5.41, 5.74) is 1.42. The summed E-state index contributed by atoms with van der Waals surface area (Å²) < 4.78 is 5.04. The lowest BCUT2D eigenvalue weighted by Crippen LogP contribution is -2.10. The van der Waals surface area contributed by atoms with Gasteiger partial charge in [0.1, 0.15) is 5.75 Å². The molecule has 0 saturated carbocycles. The smallest absolute Gasteiger partial charge is 0.265 e. The molecule has 2 rings (SSSR count). The van der Waals surface area contributed by atoms with Gasteiger partial charge >= 0.3 is 0 Å². The second-order valence-corrected chi connectivity index (χ2v) is 4.44. The highest BCUT2D eigenvalue weighted by Gasteiger charge is 2.09. The maximum atomic E-state index is 11.9. The van der Waals surface area contributed by atoms with Crippen LogP contribution in [0.2, 0.25) is 0 Å². The van der Waals surface area contributed by atoms with Crippen molar-refractivity contribution in [1.82, 2.24) is 0 Å². The largest absolute Gasteiger partial charge is 0.496 e. The molecule has 1 aromatic carbocycles. The lowest BCUT2D eigenvalue weighted by Gasteiger charge is -2.03. The van der Waals surface area contributed by atoms with Gasteiger partial charge in [-0.15, -0.1) is 17.8 Å². The van der Waals surface area contributed by atoms with Crippen molar-refractivity contribution >= 4 is 22.9 Å². The fourth-order valence-electron chi connectivity index (χ4n) is 1.42. The highest BCUT2D eigenvalue weighted by atomic mass is 32.1. The molecule has 0 spiro atoms. The molecule has 0 aliphatic rings. The number of rotatable bonds is 3. The molecule has 1 heterocycles. The number of anilines is 1. The first-order chi connectivity index (χ1) is 8.72. The molecule has 0 radical (unpaired) electrons. The van der Waals surface area contributed by atoms with Crippen LogP contribution in [0.3, 0.4) is 0 Å². The van der Waals surface area contributed by atoms with Gasteiger partial charge in [0, 0.05) is 22.7 Å². The zero-order valence-electron chi connectivity index (χ0n) is 9.77. The Bertz CT molecular complexity index is 610. The van der Waals surface area contributed by atoms with E-state index in [1.54, 1.807) is 36.8 Å². The van der Waals surface area contributed by atoms with Gasteiger partial charge in [0.2, 0.25) is 0 Å². The fourth-order valence-corrected chi connectivity index (χ4v) is 2.17. The summed E-state index contributed by atoms with van der Waals surface area (Å²) in [5, 5.41) is 4.58. The molecule has 0 unspecified atom stereocenters. The molecule has 1 amide bonds. The minimum absolute atomic E-state index is 0.169. The van der Waals surface area contributed by atoms with Gasteiger partial charge in [-0.05, 0) is 18.2 Å². The lowest BCUT2D eigenvalue weighted by atomic mass is 10.2. The zero-order valence-corrected chi connectivity index (χ0v) is 10.6. The van der Waals surface area contributed by atoms with E-state index < -0.39 is 0 Å². The molecule has 0 bridgehead atoms. The van der Waals surface area contributed by atoms with E-state index in [-0.39, 0.29) is 5.91 Å². The fraction of sp³-hybridized carbons (Fsp3) is 0.0714. The van der Waals surface area contributed by atoms with Crippen molar-refractivity contribution in [2.75, 3.05) is 12.4 Å². The van der Waals surface area contributed by atoms with E-state index in [0.29, 0.717) is 16.3 Å². The third kappa shape index (κ3) is 2.70. The van der Waals surface area contributed by atoms with E-state index in [1.165, 1.54) is 11.3 Å². The van der Waals surface area contributed by atoms with Crippen molar-refractivity contribution in [3.8, 4) is 18.1 Å². The molecule has 0 aliphatic heterocycles. The maximum Gasteiger partial charge on any atom is 0.265 e. The van der Waals surface area contributed by atoms with Crippen molar-refractivity contribution in [2.24, 2.45) is 0 Å². The van der Waals surface area contributed by atoms with Crippen LogP contribution in [0.5, 0.6) is 5.75 Å². The molecule has 1 N–H and O–H groups in total. The molecule has 18 heavy (non-hydrogen) atoms. The van der Waals surface area contributed by atoms with Crippen LogP contribution in [0.15, 0.2) is 35.7 Å². The van der Waals surface area contributed by atoms with E-state index in [2.05, 4.69) is 11.2 Å². The Labute approximate surface area is 109 Å². The summed E-state index contributed by atoms with van der Waals surface area (Å²) in [6.45, 7) is 0. The molecule has 0 atom stereocenters. The Kier molecular flexibility index (Phi) is 3.66. The van der Waals surface area contributed by atoms with Crippen molar-refractivity contribution in [1.29, 1.82) is 0 Å². The number of thiophene rings is 1. The Balaban J connectivity index is 2.13. The summed E-state index contributed by atoms with van der Waals surface area (Å²) >= 11 is 1.33. The van der Waals surface area contributed by atoms with Crippen molar-refractivity contribution in [3.63, 3.8) is 0 Å². The third-order valence-corrected chi connectivity index (χ3v) is 3.23. The molecule has 0 aliphatic carbocycles. The van der Waals surface area contributed by atoms with E-state index in [4.69, 9.17) is 11.2 Å². The van der Waals surface area contributed by atoms with Crippen molar-refractivity contribution < 1.29 is 9.53 Å². The summed E-state index contributed by atoms with van der Waals surface area (Å²) in [5.74, 6) is 3.04. The average Bonchev–Trinajstić information content (AvgIpc) is 2.88. The van der Waals surface area contributed by atoms with Crippen molar-refractivity contribution in [3.05, 3.63) is 46.2 Å². The summed E-state index contributed by atoms with van der Waals surface area (Å²) in [6, 6.07) is 8.86. The Morgan fingerprint density at radius 3 is 2.94 bits per heavy atom. The highest BCUT2D eigenvalue weighted by Crippen LogP contribution is 2.22. The monoisotopic (exact) mass is 257 g/mol. The topological polar surface area (TPSA) is 38.3 Å². The predicted octanol–water partition coefficient (Wildman–Crippen LogP) is 2.99. The molecular formula is C14H11NO2S. The number of amides is 1. The van der Waals surface area contributed by atoms with Crippen LogP contribution in [-0.4, -0.2) is 13.0 Å². The maximum absolute atomic E-state index is 11.9. The number of carbonyl (C=O) groups is 1. The molecule has 0 fully saturated rings. The van der Waals surface area contributed by atoms with Crippen molar-refractivity contribution in [2.45, 2.75) is 0 Å². The Hall–Kier alpha value is -2.25. The van der Waals surface area contributed by atoms with Crippen LogP contribution < -0.4 is 10.1 Å². The van der Waals surface area contributed by atoms with E-state index >= 15 is 0 Å². The molecule has 3 nitrogen and oxygen atoms in total. The van der Waals surface area contributed by atoms with E-state index in [1.807, 2.05) is 6.07 Å². The van der Waals surface area contributed by atoms with Gasteiger partial charge in [-0.3, -0.25) is 4.79 Å². The number of terminal acetylenes is 1. The number of nitrogens with one attached hydrogen (secondary N) is 1. The number of methoxy groups -OCH3 is 1. The van der Waals surface area contributed by atoms with Gasteiger partial charge in [0.05, 0.1) is 12.0 Å². The molecule has 1 aromatic heterocycles. The molecule has 90 valence electrons. The minimum Gasteiger partial charge on any atom is -0.496 e. The second-order valence-electron chi connectivity index (χ2n) is 3.53. The van der Waals surface area contributed by atoms with E-state index in [0.717, 1.165) is 5.56 Å². The Morgan fingerprint density at radius 2 is 2.28 bits per heavy atom. The summed E-state index contributed by atoms with van der Waals surface area (Å²) in [6.07, 6.45) is 5.30. The molecule has 0 saturated heterocycles. The SMILES string of the molecule is C#Cc1cccc(NC(=O)c2cc(OC)cs2)c1. The average molecular weight is 257 g/mol. The number of hydrogen-bond acceptors (Lipinski definition) is 3. The summed E-state index contributed by atoms with van der Waals surface area (Å²) in [7, 11) is 1.57.